The van der Waals surface area contributed by atoms with Crippen molar-refractivity contribution in [1.82, 2.24) is 30.0 Å². The van der Waals surface area contributed by atoms with Gasteiger partial charge in [0.2, 0.25) is 0 Å². The molecule has 1 aliphatic rings. The van der Waals surface area contributed by atoms with Gasteiger partial charge in [0.25, 0.3) is 0 Å². The van der Waals surface area contributed by atoms with E-state index in [0.717, 1.165) is 47.9 Å². The molecule has 24 heavy (non-hydrogen) atoms. The summed E-state index contributed by atoms with van der Waals surface area (Å²) >= 11 is 0. The van der Waals surface area contributed by atoms with Gasteiger partial charge in [0.15, 0.2) is 5.82 Å². The number of likely N-dealkylation sites (tertiary alicyclic amines) is 1. The van der Waals surface area contributed by atoms with Crippen LogP contribution in [0.5, 0.6) is 0 Å². The molecule has 0 aliphatic carbocycles. The van der Waals surface area contributed by atoms with Gasteiger partial charge in [0, 0.05) is 24.6 Å². The van der Waals surface area contributed by atoms with Gasteiger partial charge in [-0.25, -0.2) is 15.0 Å². The van der Waals surface area contributed by atoms with Crippen molar-refractivity contribution < 1.29 is 4.52 Å². The van der Waals surface area contributed by atoms with E-state index in [4.69, 9.17) is 9.51 Å². The molecule has 1 atom stereocenters. The van der Waals surface area contributed by atoms with E-state index in [2.05, 4.69) is 25.0 Å². The van der Waals surface area contributed by atoms with E-state index < -0.39 is 0 Å². The van der Waals surface area contributed by atoms with Crippen LogP contribution >= 0.6 is 0 Å². The Bertz CT molecular complexity index is 806. The average Bonchev–Trinajstić information content (AvgIpc) is 3.31. The molecule has 0 unspecified atom stereocenters. The van der Waals surface area contributed by atoms with Crippen molar-refractivity contribution in [3.8, 4) is 11.4 Å². The number of rotatable bonds is 4. The number of nitrogens with one attached hydrogen (secondary N) is 1. The van der Waals surface area contributed by atoms with Gasteiger partial charge in [-0.15, -0.1) is 0 Å². The van der Waals surface area contributed by atoms with Crippen molar-refractivity contribution in [3.63, 3.8) is 0 Å². The smallest absolute Gasteiger partial charge is 0.164 e. The minimum absolute atomic E-state index is 0.301. The first-order chi connectivity index (χ1) is 11.7. The first-order valence-corrected chi connectivity index (χ1v) is 8.20. The first kappa shape index (κ1) is 15.0. The van der Waals surface area contributed by atoms with Gasteiger partial charge < -0.3 is 9.51 Å². The van der Waals surface area contributed by atoms with E-state index in [-0.39, 0.29) is 0 Å². The SMILES string of the molecule is Cc1noc(C)c1-c1nccc([C@H]2CCCN2Cc2cnc[nH]2)n1. The van der Waals surface area contributed by atoms with Gasteiger partial charge in [0.1, 0.15) is 5.76 Å². The molecule has 7 heteroatoms. The predicted octanol–water partition coefficient (Wildman–Crippen LogP) is 2.81. The largest absolute Gasteiger partial charge is 0.361 e. The number of aromatic nitrogens is 5. The topological polar surface area (TPSA) is 83.7 Å². The van der Waals surface area contributed by atoms with E-state index in [1.165, 1.54) is 6.42 Å². The third-order valence-electron chi connectivity index (χ3n) is 4.57. The van der Waals surface area contributed by atoms with Crippen LogP contribution in [0.4, 0.5) is 0 Å². The fourth-order valence-corrected chi connectivity index (χ4v) is 3.42. The molecule has 0 aromatic carbocycles. The molecule has 4 heterocycles. The van der Waals surface area contributed by atoms with Gasteiger partial charge in [0.05, 0.1) is 29.3 Å². The summed E-state index contributed by atoms with van der Waals surface area (Å²) < 4.78 is 5.25. The van der Waals surface area contributed by atoms with Crippen molar-refractivity contribution in [1.29, 1.82) is 0 Å². The van der Waals surface area contributed by atoms with Gasteiger partial charge >= 0.3 is 0 Å². The summed E-state index contributed by atoms with van der Waals surface area (Å²) in [6.45, 7) is 5.73. The van der Waals surface area contributed by atoms with Gasteiger partial charge in [-0.2, -0.15) is 0 Å². The number of H-pyrrole nitrogens is 1. The molecule has 0 bridgehead atoms. The van der Waals surface area contributed by atoms with Crippen LogP contribution in [0.2, 0.25) is 0 Å². The molecule has 124 valence electrons. The maximum Gasteiger partial charge on any atom is 0.164 e. The zero-order chi connectivity index (χ0) is 16.5. The van der Waals surface area contributed by atoms with Crippen LogP contribution in [-0.2, 0) is 6.54 Å². The lowest BCUT2D eigenvalue weighted by Gasteiger charge is -2.23. The quantitative estimate of drug-likeness (QED) is 0.794. The Labute approximate surface area is 140 Å². The monoisotopic (exact) mass is 324 g/mol. The Morgan fingerprint density at radius 2 is 2.29 bits per heavy atom. The minimum atomic E-state index is 0.301. The molecule has 1 saturated heterocycles. The number of aryl methyl sites for hydroxylation is 2. The number of imidazole rings is 1. The molecule has 0 saturated carbocycles. The van der Waals surface area contributed by atoms with Crippen molar-refractivity contribution in [2.45, 2.75) is 39.3 Å². The Kier molecular flexibility index (Phi) is 3.86. The maximum atomic E-state index is 5.25. The third kappa shape index (κ3) is 2.71. The summed E-state index contributed by atoms with van der Waals surface area (Å²) in [5.41, 5.74) is 3.90. The number of hydrogen-bond acceptors (Lipinski definition) is 6. The summed E-state index contributed by atoms with van der Waals surface area (Å²) in [5.74, 6) is 1.45. The summed E-state index contributed by atoms with van der Waals surface area (Å²) in [7, 11) is 0. The highest BCUT2D eigenvalue weighted by Gasteiger charge is 2.28. The highest BCUT2D eigenvalue weighted by atomic mass is 16.5. The van der Waals surface area contributed by atoms with Crippen molar-refractivity contribution in [2.75, 3.05) is 6.54 Å². The normalized spacial score (nSPS) is 18.3. The van der Waals surface area contributed by atoms with Gasteiger partial charge in [-0.05, 0) is 39.3 Å². The molecular weight excluding hydrogens is 304 g/mol. The molecular formula is C17H20N6O. The average molecular weight is 324 g/mol. The van der Waals surface area contributed by atoms with E-state index in [9.17, 15) is 0 Å². The van der Waals surface area contributed by atoms with Gasteiger partial charge in [-0.1, -0.05) is 5.16 Å². The van der Waals surface area contributed by atoms with Crippen LogP contribution in [0.15, 0.2) is 29.3 Å². The van der Waals surface area contributed by atoms with Crippen LogP contribution in [-0.4, -0.2) is 36.5 Å². The van der Waals surface area contributed by atoms with Gasteiger partial charge in [-0.3, -0.25) is 4.90 Å². The van der Waals surface area contributed by atoms with Crippen molar-refractivity contribution in [3.05, 3.63) is 47.6 Å². The van der Waals surface area contributed by atoms with Crippen LogP contribution in [0.25, 0.3) is 11.4 Å². The molecule has 0 amide bonds. The zero-order valence-electron chi connectivity index (χ0n) is 13.9. The zero-order valence-corrected chi connectivity index (χ0v) is 13.9. The molecule has 0 spiro atoms. The van der Waals surface area contributed by atoms with E-state index >= 15 is 0 Å². The molecule has 1 fully saturated rings. The molecule has 7 nitrogen and oxygen atoms in total. The summed E-state index contributed by atoms with van der Waals surface area (Å²) in [6, 6.07) is 2.31. The lowest BCUT2D eigenvalue weighted by molar-refractivity contribution is 0.242. The predicted molar refractivity (Wildman–Crippen MR) is 88.0 cm³/mol. The summed E-state index contributed by atoms with van der Waals surface area (Å²) in [5, 5.41) is 4.01. The molecule has 1 N–H and O–H groups in total. The maximum absolute atomic E-state index is 5.25. The Hall–Kier alpha value is -2.54. The van der Waals surface area contributed by atoms with E-state index in [1.807, 2.05) is 32.3 Å². The van der Waals surface area contributed by atoms with E-state index in [1.54, 1.807) is 6.33 Å². The number of aromatic amines is 1. The molecule has 3 aromatic rings. The second-order valence-electron chi connectivity index (χ2n) is 6.21. The summed E-state index contributed by atoms with van der Waals surface area (Å²) in [4.78, 5) is 19.0. The molecule has 0 radical (unpaired) electrons. The fourth-order valence-electron chi connectivity index (χ4n) is 3.42. The Morgan fingerprint density at radius 3 is 3.04 bits per heavy atom. The fraction of sp³-hybridized carbons (Fsp3) is 0.412. The van der Waals surface area contributed by atoms with Crippen molar-refractivity contribution in [2.24, 2.45) is 0 Å². The summed E-state index contributed by atoms with van der Waals surface area (Å²) in [6.07, 6.45) is 7.71. The van der Waals surface area contributed by atoms with Crippen LogP contribution < -0.4 is 0 Å². The second kappa shape index (κ2) is 6.16. The van der Waals surface area contributed by atoms with Crippen LogP contribution in [0.3, 0.4) is 0 Å². The van der Waals surface area contributed by atoms with E-state index in [0.29, 0.717) is 11.9 Å². The Morgan fingerprint density at radius 1 is 1.38 bits per heavy atom. The highest BCUT2D eigenvalue weighted by molar-refractivity contribution is 5.59. The number of hydrogen-bond donors (Lipinski definition) is 1. The standard InChI is InChI=1S/C17H20N6O/c1-11-16(12(2)24-22-11)17-19-6-5-14(21-17)15-4-3-7-23(15)9-13-8-18-10-20-13/h5-6,8,10,15H,3-4,7,9H2,1-2H3,(H,18,20)/t15-/m1/s1. The first-order valence-electron chi connectivity index (χ1n) is 8.20. The Balaban J connectivity index is 1.63. The minimum Gasteiger partial charge on any atom is -0.361 e. The number of nitrogens with zero attached hydrogens (tertiary/aromatic N) is 5. The highest BCUT2D eigenvalue weighted by Crippen LogP contribution is 2.33. The molecule has 1 aliphatic heterocycles. The third-order valence-corrected chi connectivity index (χ3v) is 4.57. The van der Waals surface area contributed by atoms with Crippen molar-refractivity contribution >= 4 is 0 Å². The molecule has 3 aromatic heterocycles. The molecule has 4 rings (SSSR count). The second-order valence-corrected chi connectivity index (χ2v) is 6.21. The van der Waals surface area contributed by atoms with Crippen LogP contribution in [0.1, 0.15) is 41.7 Å². The lowest BCUT2D eigenvalue weighted by atomic mass is 10.1. The lowest BCUT2D eigenvalue weighted by Crippen LogP contribution is -2.23. The van der Waals surface area contributed by atoms with Crippen LogP contribution in [0, 0.1) is 13.8 Å².